The van der Waals surface area contributed by atoms with Crippen LogP contribution in [-0.2, 0) is 25.8 Å². The van der Waals surface area contributed by atoms with E-state index in [4.69, 9.17) is 23.8 Å². The van der Waals surface area contributed by atoms with Gasteiger partial charge in [-0.05, 0) is 81.6 Å². The van der Waals surface area contributed by atoms with Crippen LogP contribution in [0.5, 0.6) is 11.5 Å². The first-order chi connectivity index (χ1) is 18.2. The van der Waals surface area contributed by atoms with Crippen LogP contribution in [0, 0.1) is 0 Å². The Morgan fingerprint density at radius 1 is 1.05 bits per heavy atom. The number of hydroxylamine groups is 1. The van der Waals surface area contributed by atoms with Crippen LogP contribution in [0.25, 0.3) is 11.5 Å². The van der Waals surface area contributed by atoms with Gasteiger partial charge in [-0.15, -0.1) is 10.2 Å². The highest BCUT2D eigenvalue weighted by atomic mass is 32.2. The largest absolute Gasteiger partial charge is 0.494 e. The number of nitrogens with one attached hydrogen (secondary N) is 1. The minimum absolute atomic E-state index is 0.0301. The van der Waals surface area contributed by atoms with E-state index < -0.39 is 20.5 Å². The van der Waals surface area contributed by atoms with Crippen LogP contribution >= 0.6 is 0 Å². The zero-order chi connectivity index (χ0) is 27.2. The van der Waals surface area contributed by atoms with Gasteiger partial charge in [0.2, 0.25) is 11.8 Å². The number of hydrogen-bond donors (Lipinski definition) is 2. The smallest absolute Gasteiger partial charge is 0.265 e. The molecule has 2 heterocycles. The molecule has 0 aliphatic carbocycles. The Balaban J connectivity index is 1.30. The van der Waals surface area contributed by atoms with Crippen molar-refractivity contribution in [2.75, 3.05) is 19.8 Å². The molecule has 0 bridgehead atoms. The van der Waals surface area contributed by atoms with Gasteiger partial charge in [-0.25, -0.2) is 13.9 Å². The quantitative estimate of drug-likeness (QED) is 0.209. The molecule has 38 heavy (non-hydrogen) atoms. The number of rotatable bonds is 11. The van der Waals surface area contributed by atoms with Crippen LogP contribution in [0.15, 0.2) is 57.8 Å². The standard InChI is InChI=1S/C26H31N3O8S/c1-18(2)36-21-7-5-19(6-8-21)24-28-27-23(37-24)4-3-15-35-20-9-11-22(12-10-20)38(32,33)26(25(30)29-31)13-16-34-17-14-26/h5-12,18,31H,3-4,13-17H2,1-2H3,(H,29,30). The molecule has 11 nitrogen and oxygen atoms in total. The molecular formula is C26H31N3O8S. The lowest BCUT2D eigenvalue weighted by atomic mass is 9.98. The molecule has 0 atom stereocenters. The highest BCUT2D eigenvalue weighted by Crippen LogP contribution is 2.35. The van der Waals surface area contributed by atoms with Gasteiger partial charge in [-0.1, -0.05) is 0 Å². The summed E-state index contributed by atoms with van der Waals surface area (Å²) >= 11 is 0. The Hall–Kier alpha value is -3.48. The van der Waals surface area contributed by atoms with Crippen molar-refractivity contribution in [1.29, 1.82) is 0 Å². The van der Waals surface area contributed by atoms with Crippen molar-refractivity contribution in [3.8, 4) is 23.0 Å². The van der Waals surface area contributed by atoms with Crippen molar-refractivity contribution in [2.24, 2.45) is 0 Å². The van der Waals surface area contributed by atoms with Gasteiger partial charge in [-0.2, -0.15) is 0 Å². The molecule has 0 radical (unpaired) electrons. The van der Waals surface area contributed by atoms with E-state index in [2.05, 4.69) is 10.2 Å². The van der Waals surface area contributed by atoms with Crippen LogP contribution in [0.1, 0.15) is 39.0 Å². The van der Waals surface area contributed by atoms with Gasteiger partial charge in [0.15, 0.2) is 14.6 Å². The molecule has 0 unspecified atom stereocenters. The van der Waals surface area contributed by atoms with Crippen molar-refractivity contribution in [3.05, 3.63) is 54.4 Å². The monoisotopic (exact) mass is 545 g/mol. The molecular weight excluding hydrogens is 514 g/mol. The number of sulfone groups is 1. The molecule has 1 saturated heterocycles. The van der Waals surface area contributed by atoms with E-state index in [1.165, 1.54) is 29.7 Å². The summed E-state index contributed by atoms with van der Waals surface area (Å²) in [7, 11) is -4.08. The number of carbonyl (C=O) groups is 1. The maximum absolute atomic E-state index is 13.3. The van der Waals surface area contributed by atoms with Gasteiger partial charge in [0.05, 0.1) is 17.6 Å². The fourth-order valence-corrected chi connectivity index (χ4v) is 6.13. The first-order valence-electron chi connectivity index (χ1n) is 12.3. The lowest BCUT2D eigenvalue weighted by molar-refractivity contribution is -0.134. The van der Waals surface area contributed by atoms with Crippen LogP contribution in [0.4, 0.5) is 0 Å². The second-order valence-electron chi connectivity index (χ2n) is 9.17. The normalized spacial score (nSPS) is 15.3. The molecule has 0 spiro atoms. The van der Waals surface area contributed by atoms with Gasteiger partial charge in [0, 0.05) is 25.2 Å². The highest BCUT2D eigenvalue weighted by Gasteiger charge is 2.52. The number of hydrogen-bond acceptors (Lipinski definition) is 10. The van der Waals surface area contributed by atoms with E-state index in [1.807, 2.05) is 38.1 Å². The molecule has 2 N–H and O–H groups in total. The third-order valence-electron chi connectivity index (χ3n) is 6.21. The van der Waals surface area contributed by atoms with E-state index in [9.17, 15) is 13.2 Å². The Morgan fingerprint density at radius 3 is 2.34 bits per heavy atom. The van der Waals surface area contributed by atoms with Crippen LogP contribution in [0.3, 0.4) is 0 Å². The summed E-state index contributed by atoms with van der Waals surface area (Å²) in [5.41, 5.74) is 2.31. The summed E-state index contributed by atoms with van der Waals surface area (Å²) in [5, 5.41) is 17.4. The summed E-state index contributed by atoms with van der Waals surface area (Å²) in [6, 6.07) is 13.3. The minimum Gasteiger partial charge on any atom is -0.494 e. The average Bonchev–Trinajstić information content (AvgIpc) is 3.40. The first-order valence-corrected chi connectivity index (χ1v) is 13.8. The number of ether oxygens (including phenoxy) is 3. The van der Waals surface area contributed by atoms with Crippen molar-refractivity contribution in [1.82, 2.24) is 15.7 Å². The molecule has 4 rings (SSSR count). The summed E-state index contributed by atoms with van der Waals surface area (Å²) in [5.74, 6) is 1.20. The van der Waals surface area contributed by atoms with E-state index in [0.717, 1.165) is 11.3 Å². The van der Waals surface area contributed by atoms with Crippen molar-refractivity contribution < 1.29 is 37.0 Å². The number of aromatic nitrogens is 2. The number of nitrogens with zero attached hydrogens (tertiary/aromatic N) is 2. The zero-order valence-corrected chi connectivity index (χ0v) is 22.1. The molecule has 1 fully saturated rings. The van der Waals surface area contributed by atoms with Crippen LogP contribution in [-0.4, -0.2) is 60.4 Å². The molecule has 3 aromatic rings. The van der Waals surface area contributed by atoms with Crippen molar-refractivity contribution >= 4 is 15.7 Å². The lowest BCUT2D eigenvalue weighted by Crippen LogP contribution is -2.54. The molecule has 1 aliphatic heterocycles. The molecule has 0 saturated carbocycles. The van der Waals surface area contributed by atoms with E-state index in [-0.39, 0.29) is 37.1 Å². The Bertz CT molecular complexity index is 1320. The van der Waals surface area contributed by atoms with Crippen molar-refractivity contribution in [3.63, 3.8) is 0 Å². The fraction of sp³-hybridized carbons (Fsp3) is 0.423. The number of benzene rings is 2. The number of carbonyl (C=O) groups excluding carboxylic acids is 1. The predicted molar refractivity (Wildman–Crippen MR) is 136 cm³/mol. The summed E-state index contributed by atoms with van der Waals surface area (Å²) in [4.78, 5) is 12.3. The van der Waals surface area contributed by atoms with Gasteiger partial charge in [-0.3, -0.25) is 10.0 Å². The predicted octanol–water partition coefficient (Wildman–Crippen LogP) is 3.36. The maximum atomic E-state index is 13.3. The second kappa shape index (κ2) is 11.9. The van der Waals surface area contributed by atoms with Gasteiger partial charge < -0.3 is 18.6 Å². The van der Waals surface area contributed by atoms with Gasteiger partial charge in [0.25, 0.3) is 5.91 Å². The maximum Gasteiger partial charge on any atom is 0.265 e. The number of amides is 1. The molecule has 2 aromatic carbocycles. The Kier molecular flexibility index (Phi) is 8.65. The molecule has 1 aliphatic rings. The van der Waals surface area contributed by atoms with Crippen LogP contribution < -0.4 is 15.0 Å². The summed E-state index contributed by atoms with van der Waals surface area (Å²) in [6.07, 6.45) is 1.11. The Morgan fingerprint density at radius 2 is 1.71 bits per heavy atom. The van der Waals surface area contributed by atoms with Crippen molar-refractivity contribution in [2.45, 2.75) is 55.3 Å². The minimum atomic E-state index is -4.08. The van der Waals surface area contributed by atoms with Gasteiger partial charge in [0.1, 0.15) is 11.5 Å². The highest BCUT2D eigenvalue weighted by molar-refractivity contribution is 7.93. The number of aryl methyl sites for hydroxylation is 1. The van der Waals surface area contributed by atoms with E-state index in [0.29, 0.717) is 37.0 Å². The second-order valence-corrected chi connectivity index (χ2v) is 11.4. The Labute approximate surface area is 221 Å². The average molecular weight is 546 g/mol. The summed E-state index contributed by atoms with van der Waals surface area (Å²) < 4.78 is 47.2. The SMILES string of the molecule is CC(C)Oc1ccc(-c2nnc(CCCOc3ccc(S(=O)(=O)C4(C(=O)NO)CCOCC4)cc3)o2)cc1. The van der Waals surface area contributed by atoms with Crippen LogP contribution in [0.2, 0.25) is 0 Å². The zero-order valence-electron chi connectivity index (χ0n) is 21.3. The lowest BCUT2D eigenvalue weighted by Gasteiger charge is -2.34. The third-order valence-corrected chi connectivity index (χ3v) is 8.72. The molecule has 12 heteroatoms. The third kappa shape index (κ3) is 5.98. The molecule has 204 valence electrons. The topological polar surface area (TPSA) is 150 Å². The van der Waals surface area contributed by atoms with E-state index in [1.54, 1.807) is 0 Å². The fourth-order valence-electron chi connectivity index (χ4n) is 4.19. The first kappa shape index (κ1) is 27.6. The molecule has 1 aromatic heterocycles. The summed E-state index contributed by atoms with van der Waals surface area (Å²) in [6.45, 7) is 4.49. The molecule has 1 amide bonds. The van der Waals surface area contributed by atoms with E-state index >= 15 is 0 Å². The van der Waals surface area contributed by atoms with Gasteiger partial charge >= 0.3 is 0 Å².